The highest BCUT2D eigenvalue weighted by Crippen LogP contribution is 2.05. The van der Waals surface area contributed by atoms with Gasteiger partial charge in [0.15, 0.2) is 0 Å². The lowest BCUT2D eigenvalue weighted by molar-refractivity contribution is -0.119. The fourth-order valence-electron chi connectivity index (χ4n) is 1.93. The second kappa shape index (κ2) is 8.06. The number of hydrogen-bond donors (Lipinski definition) is 2. The minimum Gasteiger partial charge on any atom is -0.396 e. The first-order valence-corrected chi connectivity index (χ1v) is 6.39. The van der Waals surface area contributed by atoms with Gasteiger partial charge < -0.3 is 15.3 Å². The average Bonchev–Trinajstić information content (AvgIpc) is 2.71. The summed E-state index contributed by atoms with van der Waals surface area (Å²) in [5.74, 6) is 0.266. The van der Waals surface area contributed by atoms with Crippen molar-refractivity contribution in [2.45, 2.75) is 38.5 Å². The third-order valence-electron chi connectivity index (χ3n) is 2.94. The van der Waals surface area contributed by atoms with Crippen molar-refractivity contribution in [3.63, 3.8) is 0 Å². The minimum atomic E-state index is -0.0135. The molecule has 1 saturated heterocycles. The zero-order chi connectivity index (χ0) is 12.5. The van der Waals surface area contributed by atoms with Gasteiger partial charge >= 0.3 is 6.03 Å². The molecule has 0 atom stereocenters. The molecule has 0 bridgehead atoms. The van der Waals surface area contributed by atoms with Gasteiger partial charge in [0.2, 0.25) is 0 Å². The maximum absolute atomic E-state index is 11.5. The number of hydrogen-bond acceptors (Lipinski definition) is 3. The van der Waals surface area contributed by atoms with E-state index >= 15 is 0 Å². The first kappa shape index (κ1) is 14.0. The maximum Gasteiger partial charge on any atom is 0.317 e. The van der Waals surface area contributed by atoms with Gasteiger partial charge in [-0.15, -0.1) is 0 Å². The molecular formula is C12H22N2O3. The van der Waals surface area contributed by atoms with Crippen molar-refractivity contribution in [3.8, 4) is 0 Å². The number of aliphatic hydroxyl groups excluding tert-OH is 1. The number of unbranched alkanes of at least 4 members (excludes halogenated alkanes) is 2. The van der Waals surface area contributed by atoms with Gasteiger partial charge in [-0.1, -0.05) is 6.42 Å². The highest BCUT2D eigenvalue weighted by atomic mass is 16.3. The lowest BCUT2D eigenvalue weighted by Crippen LogP contribution is -2.29. The standard InChI is InChI=1S/C12H22N2O3/c15-10-3-1-2-5-11(16)6-4-8-14-9-7-13-12(14)17/h15H,1-10H2,(H,13,17). The average molecular weight is 242 g/mol. The summed E-state index contributed by atoms with van der Waals surface area (Å²) in [5.41, 5.74) is 0. The smallest absolute Gasteiger partial charge is 0.317 e. The zero-order valence-electron chi connectivity index (χ0n) is 10.3. The molecular weight excluding hydrogens is 220 g/mol. The van der Waals surface area contributed by atoms with E-state index in [-0.39, 0.29) is 18.4 Å². The molecule has 17 heavy (non-hydrogen) atoms. The Morgan fingerprint density at radius 3 is 2.65 bits per heavy atom. The summed E-state index contributed by atoms with van der Waals surface area (Å²) in [7, 11) is 0. The molecule has 1 fully saturated rings. The molecule has 0 aromatic rings. The number of urea groups is 1. The van der Waals surface area contributed by atoms with E-state index in [4.69, 9.17) is 5.11 Å². The number of aliphatic hydroxyl groups is 1. The van der Waals surface area contributed by atoms with E-state index in [9.17, 15) is 9.59 Å². The van der Waals surface area contributed by atoms with Crippen molar-refractivity contribution < 1.29 is 14.7 Å². The predicted molar refractivity (Wildman–Crippen MR) is 64.8 cm³/mol. The maximum atomic E-state index is 11.5. The molecule has 1 rings (SSSR count). The second-order valence-corrected chi connectivity index (χ2v) is 4.40. The number of rotatable bonds is 9. The Labute approximate surface area is 102 Å². The molecule has 0 radical (unpaired) electrons. The van der Waals surface area contributed by atoms with Gasteiger partial charge in [0.1, 0.15) is 5.78 Å². The van der Waals surface area contributed by atoms with Crippen molar-refractivity contribution in [2.75, 3.05) is 26.2 Å². The van der Waals surface area contributed by atoms with Crippen LogP contribution < -0.4 is 5.32 Å². The van der Waals surface area contributed by atoms with Crippen molar-refractivity contribution in [2.24, 2.45) is 0 Å². The number of Topliss-reactive ketones (excluding diaryl/α,β-unsaturated/α-hetero) is 1. The Balaban J connectivity index is 1.98. The van der Waals surface area contributed by atoms with Crippen LogP contribution in [0, 0.1) is 0 Å². The SMILES string of the molecule is O=C(CCCCCO)CCCN1CCNC1=O. The predicted octanol–water partition coefficient (Wildman–Crippen LogP) is 0.914. The molecule has 0 aromatic heterocycles. The topological polar surface area (TPSA) is 69.6 Å². The summed E-state index contributed by atoms with van der Waals surface area (Å²) in [6.07, 6.45) is 4.48. The molecule has 0 spiro atoms. The molecule has 98 valence electrons. The molecule has 1 heterocycles. The van der Waals surface area contributed by atoms with Crippen LogP contribution in [0.25, 0.3) is 0 Å². The number of carbonyl (C=O) groups is 2. The number of nitrogens with one attached hydrogen (secondary N) is 1. The second-order valence-electron chi connectivity index (χ2n) is 4.40. The highest BCUT2D eigenvalue weighted by Gasteiger charge is 2.18. The molecule has 0 saturated carbocycles. The Morgan fingerprint density at radius 1 is 1.24 bits per heavy atom. The van der Waals surface area contributed by atoms with Crippen LogP contribution in [0.2, 0.25) is 0 Å². The highest BCUT2D eigenvalue weighted by molar-refractivity contribution is 5.78. The normalized spacial score (nSPS) is 15.1. The number of amides is 2. The summed E-state index contributed by atoms with van der Waals surface area (Å²) >= 11 is 0. The van der Waals surface area contributed by atoms with Crippen LogP contribution in [0.4, 0.5) is 4.79 Å². The molecule has 0 aliphatic carbocycles. The van der Waals surface area contributed by atoms with Crippen LogP contribution in [0.1, 0.15) is 38.5 Å². The molecule has 1 aliphatic rings. The number of ketones is 1. The van der Waals surface area contributed by atoms with Gasteiger partial charge in [-0.3, -0.25) is 4.79 Å². The molecule has 0 aromatic carbocycles. The van der Waals surface area contributed by atoms with Gasteiger partial charge in [-0.05, 0) is 19.3 Å². The fourth-order valence-corrected chi connectivity index (χ4v) is 1.93. The van der Waals surface area contributed by atoms with E-state index in [1.165, 1.54) is 0 Å². The summed E-state index contributed by atoms with van der Waals surface area (Å²) in [5, 5.41) is 11.3. The van der Waals surface area contributed by atoms with Gasteiger partial charge in [0.05, 0.1) is 0 Å². The van der Waals surface area contributed by atoms with Crippen LogP contribution in [0.3, 0.4) is 0 Å². The van der Waals surface area contributed by atoms with E-state index in [1.54, 1.807) is 4.90 Å². The van der Waals surface area contributed by atoms with E-state index in [0.29, 0.717) is 25.9 Å². The summed E-state index contributed by atoms with van der Waals surface area (Å²) < 4.78 is 0. The third kappa shape index (κ3) is 5.68. The van der Waals surface area contributed by atoms with Crippen LogP contribution in [-0.2, 0) is 4.79 Å². The molecule has 2 N–H and O–H groups in total. The van der Waals surface area contributed by atoms with Crippen molar-refractivity contribution in [3.05, 3.63) is 0 Å². The Morgan fingerprint density at radius 2 is 2.00 bits per heavy atom. The Kier molecular flexibility index (Phi) is 6.62. The number of carbonyl (C=O) groups excluding carboxylic acids is 2. The molecule has 1 aliphatic heterocycles. The third-order valence-corrected chi connectivity index (χ3v) is 2.94. The van der Waals surface area contributed by atoms with Gasteiger partial charge in [0.25, 0.3) is 0 Å². The van der Waals surface area contributed by atoms with E-state index in [2.05, 4.69) is 5.32 Å². The fraction of sp³-hybridized carbons (Fsp3) is 0.833. The summed E-state index contributed by atoms with van der Waals surface area (Å²) in [6.45, 7) is 2.35. The zero-order valence-corrected chi connectivity index (χ0v) is 10.3. The monoisotopic (exact) mass is 242 g/mol. The molecule has 0 unspecified atom stereocenters. The Hall–Kier alpha value is -1.10. The molecule has 2 amide bonds. The molecule has 5 heteroatoms. The minimum absolute atomic E-state index is 0.0135. The quantitative estimate of drug-likeness (QED) is 0.590. The van der Waals surface area contributed by atoms with Crippen molar-refractivity contribution in [1.82, 2.24) is 10.2 Å². The van der Waals surface area contributed by atoms with E-state index in [1.807, 2.05) is 0 Å². The lowest BCUT2D eigenvalue weighted by atomic mass is 10.1. The van der Waals surface area contributed by atoms with Gasteiger partial charge in [-0.25, -0.2) is 4.79 Å². The van der Waals surface area contributed by atoms with Crippen LogP contribution >= 0.6 is 0 Å². The van der Waals surface area contributed by atoms with Crippen LogP contribution in [-0.4, -0.2) is 48.1 Å². The molecule has 5 nitrogen and oxygen atoms in total. The first-order valence-electron chi connectivity index (χ1n) is 6.39. The number of nitrogens with zero attached hydrogens (tertiary/aromatic N) is 1. The van der Waals surface area contributed by atoms with E-state index < -0.39 is 0 Å². The summed E-state index contributed by atoms with van der Waals surface area (Å²) in [6, 6.07) is -0.0135. The van der Waals surface area contributed by atoms with Crippen LogP contribution in [0.15, 0.2) is 0 Å². The largest absolute Gasteiger partial charge is 0.396 e. The van der Waals surface area contributed by atoms with E-state index in [0.717, 1.165) is 32.2 Å². The van der Waals surface area contributed by atoms with Crippen molar-refractivity contribution in [1.29, 1.82) is 0 Å². The summed E-state index contributed by atoms with van der Waals surface area (Å²) in [4.78, 5) is 24.4. The lowest BCUT2D eigenvalue weighted by Gasteiger charge is -2.12. The van der Waals surface area contributed by atoms with Gasteiger partial charge in [0, 0.05) is 39.1 Å². The Bertz CT molecular complexity index is 256. The van der Waals surface area contributed by atoms with Crippen molar-refractivity contribution >= 4 is 11.8 Å². The first-order chi connectivity index (χ1) is 8.24. The van der Waals surface area contributed by atoms with Gasteiger partial charge in [-0.2, -0.15) is 0 Å². The van der Waals surface area contributed by atoms with Crippen LogP contribution in [0.5, 0.6) is 0 Å².